The molecule has 4 aromatic rings. The highest BCUT2D eigenvalue weighted by atomic mass is 19.1. The van der Waals surface area contributed by atoms with E-state index in [0.29, 0.717) is 16.7 Å². The van der Waals surface area contributed by atoms with E-state index in [-0.39, 0.29) is 5.82 Å². The number of aryl methyl sites for hydroxylation is 3. The van der Waals surface area contributed by atoms with Gasteiger partial charge in [-0.15, -0.1) is 0 Å². The molecule has 0 atom stereocenters. The first-order chi connectivity index (χ1) is 11.1. The van der Waals surface area contributed by atoms with E-state index in [1.165, 1.54) is 0 Å². The molecule has 0 bridgehead atoms. The van der Waals surface area contributed by atoms with Gasteiger partial charge in [-0.25, -0.2) is 8.96 Å². The average Bonchev–Trinajstić information content (AvgIpc) is 2.89. The Bertz CT molecular complexity index is 1060. The predicted octanol–water partition coefficient (Wildman–Crippen LogP) is 4.83. The zero-order chi connectivity index (χ0) is 16.1. The van der Waals surface area contributed by atoms with Crippen LogP contribution in [0.5, 0.6) is 0 Å². The first kappa shape index (κ1) is 13.9. The van der Waals surface area contributed by atoms with Crippen LogP contribution in [0.15, 0.2) is 53.1 Å². The minimum Gasteiger partial charge on any atom is -0.453 e. The average molecular weight is 306 g/mol. The Balaban J connectivity index is 2.07. The molecule has 0 saturated heterocycles. The van der Waals surface area contributed by atoms with E-state index >= 15 is 0 Å². The van der Waals surface area contributed by atoms with Crippen molar-refractivity contribution < 1.29 is 13.4 Å². The number of hydrogen-bond acceptors (Lipinski definition) is 1. The zero-order valence-corrected chi connectivity index (χ0v) is 13.4. The van der Waals surface area contributed by atoms with Crippen LogP contribution in [-0.2, 0) is 7.05 Å². The molecule has 0 aliphatic carbocycles. The standard InChI is InChI=1S/C20H17FNO/c1-12-7-8-14-16-10-13(2)15(17-6-4-5-9-22(17)3)11-18(16)23-20(14)19(12)21/h4-11H,1-3H3/q+1. The lowest BCUT2D eigenvalue weighted by Crippen LogP contribution is -2.30. The van der Waals surface area contributed by atoms with Crippen molar-refractivity contribution >= 4 is 21.9 Å². The van der Waals surface area contributed by atoms with Crippen LogP contribution in [0.4, 0.5) is 4.39 Å². The van der Waals surface area contributed by atoms with E-state index in [2.05, 4.69) is 23.6 Å². The Morgan fingerprint density at radius 1 is 0.957 bits per heavy atom. The summed E-state index contributed by atoms with van der Waals surface area (Å²) in [5.41, 5.74) is 5.00. The Kier molecular flexibility index (Phi) is 2.98. The second-order valence-electron chi connectivity index (χ2n) is 6.04. The van der Waals surface area contributed by atoms with Crippen molar-refractivity contribution in [3.8, 4) is 11.3 Å². The number of fused-ring (bicyclic) bond motifs is 3. The highest BCUT2D eigenvalue weighted by Crippen LogP contribution is 2.35. The Morgan fingerprint density at radius 3 is 2.57 bits per heavy atom. The van der Waals surface area contributed by atoms with Gasteiger partial charge in [0.1, 0.15) is 12.6 Å². The molecule has 0 saturated carbocycles. The van der Waals surface area contributed by atoms with Gasteiger partial charge in [-0.3, -0.25) is 0 Å². The number of nitrogens with zero attached hydrogens (tertiary/aromatic N) is 1. The van der Waals surface area contributed by atoms with Crippen molar-refractivity contribution in [2.24, 2.45) is 7.05 Å². The number of rotatable bonds is 1. The summed E-state index contributed by atoms with van der Waals surface area (Å²) in [5, 5.41) is 1.79. The third-order valence-electron chi connectivity index (χ3n) is 4.45. The molecule has 2 aromatic heterocycles. The number of pyridine rings is 1. The SMILES string of the molecule is Cc1cc2c(cc1-c1cccc[n+]1C)oc1c(F)c(C)ccc12. The van der Waals surface area contributed by atoms with Gasteiger partial charge in [0.05, 0.1) is 5.56 Å². The summed E-state index contributed by atoms with van der Waals surface area (Å²) in [6, 6.07) is 13.9. The van der Waals surface area contributed by atoms with Crippen LogP contribution < -0.4 is 4.57 Å². The topological polar surface area (TPSA) is 17.0 Å². The molecule has 23 heavy (non-hydrogen) atoms. The second-order valence-corrected chi connectivity index (χ2v) is 6.04. The zero-order valence-electron chi connectivity index (χ0n) is 13.4. The quantitative estimate of drug-likeness (QED) is 0.460. The van der Waals surface area contributed by atoms with Crippen LogP contribution in [0.2, 0.25) is 0 Å². The van der Waals surface area contributed by atoms with Gasteiger partial charge < -0.3 is 4.42 Å². The first-order valence-electron chi connectivity index (χ1n) is 7.63. The smallest absolute Gasteiger partial charge is 0.212 e. The normalized spacial score (nSPS) is 11.5. The molecule has 0 aliphatic rings. The fourth-order valence-electron chi connectivity index (χ4n) is 3.14. The largest absolute Gasteiger partial charge is 0.453 e. The van der Waals surface area contributed by atoms with E-state index in [1.807, 2.05) is 37.5 Å². The fourth-order valence-corrected chi connectivity index (χ4v) is 3.14. The van der Waals surface area contributed by atoms with E-state index in [0.717, 1.165) is 27.6 Å². The Labute approximate surface area is 133 Å². The van der Waals surface area contributed by atoms with E-state index in [4.69, 9.17) is 4.42 Å². The lowest BCUT2D eigenvalue weighted by atomic mass is 10.0. The molecule has 0 radical (unpaired) electrons. The van der Waals surface area contributed by atoms with Gasteiger partial charge in [0.2, 0.25) is 5.69 Å². The van der Waals surface area contributed by atoms with Gasteiger partial charge in [0.25, 0.3) is 0 Å². The van der Waals surface area contributed by atoms with Gasteiger partial charge in [-0.1, -0.05) is 12.1 Å². The van der Waals surface area contributed by atoms with Gasteiger partial charge in [-0.05, 0) is 43.2 Å². The lowest BCUT2D eigenvalue weighted by Gasteiger charge is -2.04. The molecule has 4 rings (SSSR count). The molecule has 3 heteroatoms. The maximum atomic E-state index is 14.3. The third-order valence-corrected chi connectivity index (χ3v) is 4.45. The van der Waals surface area contributed by atoms with Gasteiger partial charge >= 0.3 is 0 Å². The fraction of sp³-hybridized carbons (Fsp3) is 0.150. The van der Waals surface area contributed by atoms with Gasteiger partial charge in [0.15, 0.2) is 17.6 Å². The molecular formula is C20H17FNO+. The van der Waals surface area contributed by atoms with Crippen molar-refractivity contribution in [1.29, 1.82) is 0 Å². The van der Waals surface area contributed by atoms with Crippen molar-refractivity contribution in [2.75, 3.05) is 0 Å². The summed E-state index contributed by atoms with van der Waals surface area (Å²) in [7, 11) is 2.01. The molecular weight excluding hydrogens is 289 g/mol. The molecule has 2 aromatic carbocycles. The van der Waals surface area contributed by atoms with Crippen molar-refractivity contribution in [3.05, 3.63) is 65.6 Å². The van der Waals surface area contributed by atoms with E-state index in [1.54, 1.807) is 13.0 Å². The van der Waals surface area contributed by atoms with Crippen LogP contribution in [0, 0.1) is 19.7 Å². The van der Waals surface area contributed by atoms with Crippen LogP contribution in [-0.4, -0.2) is 0 Å². The molecule has 0 unspecified atom stereocenters. The molecule has 0 fully saturated rings. The minimum atomic E-state index is -0.275. The second kappa shape index (κ2) is 4.92. The summed E-state index contributed by atoms with van der Waals surface area (Å²) < 4.78 is 22.2. The summed E-state index contributed by atoms with van der Waals surface area (Å²) >= 11 is 0. The summed E-state index contributed by atoms with van der Waals surface area (Å²) in [5.74, 6) is -0.275. The van der Waals surface area contributed by atoms with Crippen LogP contribution in [0.3, 0.4) is 0 Å². The number of furan rings is 1. The Hall–Kier alpha value is -2.68. The molecule has 0 N–H and O–H groups in total. The monoisotopic (exact) mass is 306 g/mol. The number of halogens is 1. The number of aromatic nitrogens is 1. The molecule has 0 aliphatic heterocycles. The summed E-state index contributed by atoms with van der Waals surface area (Å²) in [6.45, 7) is 3.83. The Morgan fingerprint density at radius 2 is 1.78 bits per heavy atom. The van der Waals surface area contributed by atoms with E-state index in [9.17, 15) is 4.39 Å². The third kappa shape index (κ3) is 2.04. The molecule has 0 spiro atoms. The predicted molar refractivity (Wildman–Crippen MR) is 89.8 cm³/mol. The highest BCUT2D eigenvalue weighted by Gasteiger charge is 2.17. The van der Waals surface area contributed by atoms with Crippen molar-refractivity contribution in [1.82, 2.24) is 0 Å². The van der Waals surface area contributed by atoms with Gasteiger partial charge in [0, 0.05) is 22.9 Å². The summed E-state index contributed by atoms with van der Waals surface area (Å²) in [6.07, 6.45) is 2.01. The minimum absolute atomic E-state index is 0.275. The van der Waals surface area contributed by atoms with Crippen molar-refractivity contribution in [2.45, 2.75) is 13.8 Å². The highest BCUT2D eigenvalue weighted by molar-refractivity contribution is 6.06. The molecule has 114 valence electrons. The van der Waals surface area contributed by atoms with Crippen molar-refractivity contribution in [3.63, 3.8) is 0 Å². The molecule has 0 amide bonds. The van der Waals surface area contributed by atoms with E-state index < -0.39 is 0 Å². The number of benzene rings is 2. The lowest BCUT2D eigenvalue weighted by molar-refractivity contribution is -0.660. The number of hydrogen-bond donors (Lipinski definition) is 0. The first-order valence-corrected chi connectivity index (χ1v) is 7.63. The van der Waals surface area contributed by atoms with Crippen LogP contribution in [0.25, 0.3) is 33.2 Å². The maximum Gasteiger partial charge on any atom is 0.212 e. The van der Waals surface area contributed by atoms with Crippen LogP contribution >= 0.6 is 0 Å². The van der Waals surface area contributed by atoms with Gasteiger partial charge in [-0.2, -0.15) is 0 Å². The maximum absolute atomic E-state index is 14.3. The molecule has 2 nitrogen and oxygen atoms in total. The molecule has 2 heterocycles. The summed E-state index contributed by atoms with van der Waals surface area (Å²) in [4.78, 5) is 0. The van der Waals surface area contributed by atoms with Crippen LogP contribution in [0.1, 0.15) is 11.1 Å².